The molecule has 1 heterocycles. The second-order valence-corrected chi connectivity index (χ2v) is 4.66. The molecule has 88 valence electrons. The zero-order chi connectivity index (χ0) is 12.2. The fourth-order valence-corrected chi connectivity index (χ4v) is 1.32. The maximum atomic E-state index is 5.85. The molecule has 0 aliphatic heterocycles. The number of nitrogens with zero attached hydrogens (tertiary/aromatic N) is 2. The molecular formula is C12H19N3O. The molecule has 0 atom stereocenters. The zero-order valence-electron chi connectivity index (χ0n) is 10.3. The Kier molecular flexibility index (Phi) is 3.88. The number of pyridine rings is 1. The van der Waals surface area contributed by atoms with E-state index in [1.54, 1.807) is 13.3 Å². The zero-order valence-corrected chi connectivity index (χ0v) is 10.3. The molecule has 4 heteroatoms. The quantitative estimate of drug-likeness (QED) is 0.625. The van der Waals surface area contributed by atoms with E-state index in [-0.39, 0.29) is 5.54 Å². The average Bonchev–Trinajstić information content (AvgIpc) is 2.16. The molecule has 16 heavy (non-hydrogen) atoms. The van der Waals surface area contributed by atoms with Crippen molar-refractivity contribution in [3.8, 4) is 5.88 Å². The first-order valence-electron chi connectivity index (χ1n) is 5.24. The van der Waals surface area contributed by atoms with Gasteiger partial charge in [0.2, 0.25) is 5.88 Å². The maximum absolute atomic E-state index is 5.85. The lowest BCUT2D eigenvalue weighted by Crippen LogP contribution is -2.22. The van der Waals surface area contributed by atoms with Crippen molar-refractivity contribution < 1.29 is 4.74 Å². The van der Waals surface area contributed by atoms with Gasteiger partial charge in [-0.1, -0.05) is 6.07 Å². The van der Waals surface area contributed by atoms with Crippen LogP contribution in [0.3, 0.4) is 0 Å². The number of methoxy groups -OCH3 is 1. The van der Waals surface area contributed by atoms with E-state index < -0.39 is 0 Å². The summed E-state index contributed by atoms with van der Waals surface area (Å²) >= 11 is 0. The van der Waals surface area contributed by atoms with Gasteiger partial charge in [0.15, 0.2) is 0 Å². The third kappa shape index (κ3) is 4.29. The Morgan fingerprint density at radius 1 is 1.44 bits per heavy atom. The first kappa shape index (κ1) is 12.5. The first-order valence-corrected chi connectivity index (χ1v) is 5.24. The van der Waals surface area contributed by atoms with Gasteiger partial charge in [-0.3, -0.25) is 4.99 Å². The minimum Gasteiger partial charge on any atom is -0.481 e. The van der Waals surface area contributed by atoms with Gasteiger partial charge in [0.25, 0.3) is 0 Å². The van der Waals surface area contributed by atoms with E-state index in [0.717, 1.165) is 5.56 Å². The fraction of sp³-hybridized carbons (Fsp3) is 0.500. The van der Waals surface area contributed by atoms with E-state index in [9.17, 15) is 0 Å². The maximum Gasteiger partial charge on any atom is 0.212 e. The summed E-state index contributed by atoms with van der Waals surface area (Å²) in [6, 6.07) is 3.76. The van der Waals surface area contributed by atoms with Crippen molar-refractivity contribution in [2.45, 2.75) is 32.7 Å². The van der Waals surface area contributed by atoms with Crippen molar-refractivity contribution >= 4 is 5.84 Å². The van der Waals surface area contributed by atoms with E-state index in [1.807, 2.05) is 32.9 Å². The molecule has 0 aromatic carbocycles. The second kappa shape index (κ2) is 4.96. The van der Waals surface area contributed by atoms with Gasteiger partial charge in [-0.05, 0) is 26.3 Å². The summed E-state index contributed by atoms with van der Waals surface area (Å²) < 4.78 is 4.98. The molecule has 0 saturated heterocycles. The van der Waals surface area contributed by atoms with Crippen LogP contribution < -0.4 is 10.5 Å². The molecule has 0 amide bonds. The Balaban J connectivity index is 2.70. The number of hydrogen-bond acceptors (Lipinski definition) is 3. The molecule has 0 unspecified atom stereocenters. The molecule has 0 saturated carbocycles. The number of aliphatic imine (C=N–C) groups is 1. The van der Waals surface area contributed by atoms with Crippen LogP contribution in [0.5, 0.6) is 5.88 Å². The van der Waals surface area contributed by atoms with Crippen molar-refractivity contribution in [1.82, 2.24) is 4.98 Å². The van der Waals surface area contributed by atoms with Crippen LogP contribution in [0.15, 0.2) is 23.3 Å². The summed E-state index contributed by atoms with van der Waals surface area (Å²) in [6.45, 7) is 6.06. The fourth-order valence-electron chi connectivity index (χ4n) is 1.32. The SMILES string of the molecule is COc1ccc(CC(N)=NC(C)(C)C)cn1. The van der Waals surface area contributed by atoms with Gasteiger partial charge in [-0.2, -0.15) is 0 Å². The predicted molar refractivity (Wildman–Crippen MR) is 65.9 cm³/mol. The topological polar surface area (TPSA) is 60.5 Å². The number of nitrogens with two attached hydrogens (primary N) is 1. The normalized spacial score (nSPS) is 12.6. The highest BCUT2D eigenvalue weighted by Crippen LogP contribution is 2.09. The van der Waals surface area contributed by atoms with Gasteiger partial charge in [-0.25, -0.2) is 4.98 Å². The Morgan fingerprint density at radius 3 is 2.56 bits per heavy atom. The molecular weight excluding hydrogens is 202 g/mol. The van der Waals surface area contributed by atoms with Crippen LogP contribution in [0.25, 0.3) is 0 Å². The Bertz CT molecular complexity index is 363. The van der Waals surface area contributed by atoms with Crippen molar-refractivity contribution in [3.05, 3.63) is 23.9 Å². The lowest BCUT2D eigenvalue weighted by atomic mass is 10.1. The summed E-state index contributed by atoms with van der Waals surface area (Å²) in [5.41, 5.74) is 6.75. The number of rotatable bonds is 3. The standard InChI is InChI=1S/C12H19N3O/c1-12(2,3)15-10(13)7-9-5-6-11(16-4)14-8-9/h5-6,8H,7H2,1-4H3,(H2,13,15). The monoisotopic (exact) mass is 221 g/mol. The van der Waals surface area contributed by atoms with Gasteiger partial charge >= 0.3 is 0 Å². The van der Waals surface area contributed by atoms with Gasteiger partial charge in [0, 0.05) is 18.7 Å². The van der Waals surface area contributed by atoms with E-state index >= 15 is 0 Å². The van der Waals surface area contributed by atoms with E-state index in [0.29, 0.717) is 18.1 Å². The molecule has 2 N–H and O–H groups in total. The molecule has 0 aliphatic carbocycles. The van der Waals surface area contributed by atoms with Crippen molar-refractivity contribution in [2.24, 2.45) is 10.7 Å². The Labute approximate surface area is 96.6 Å². The highest BCUT2D eigenvalue weighted by Gasteiger charge is 2.08. The Hall–Kier alpha value is -1.58. The molecule has 0 fully saturated rings. The van der Waals surface area contributed by atoms with Crippen LogP contribution in [0.1, 0.15) is 26.3 Å². The van der Waals surface area contributed by atoms with E-state index in [1.165, 1.54) is 0 Å². The number of aromatic nitrogens is 1. The lowest BCUT2D eigenvalue weighted by Gasteiger charge is -2.13. The molecule has 0 bridgehead atoms. The van der Waals surface area contributed by atoms with Crippen LogP contribution in [0.4, 0.5) is 0 Å². The summed E-state index contributed by atoms with van der Waals surface area (Å²) in [7, 11) is 1.59. The van der Waals surface area contributed by atoms with Crippen molar-refractivity contribution in [2.75, 3.05) is 7.11 Å². The minimum atomic E-state index is -0.135. The summed E-state index contributed by atoms with van der Waals surface area (Å²) in [5.74, 6) is 1.23. The van der Waals surface area contributed by atoms with Crippen molar-refractivity contribution in [1.29, 1.82) is 0 Å². The molecule has 0 spiro atoms. The lowest BCUT2D eigenvalue weighted by molar-refractivity contribution is 0.397. The van der Waals surface area contributed by atoms with Gasteiger partial charge in [0.1, 0.15) is 0 Å². The van der Waals surface area contributed by atoms with Crippen LogP contribution in [0.2, 0.25) is 0 Å². The molecule has 0 aliphatic rings. The smallest absolute Gasteiger partial charge is 0.212 e. The minimum absolute atomic E-state index is 0.135. The largest absolute Gasteiger partial charge is 0.481 e. The van der Waals surface area contributed by atoms with Gasteiger partial charge < -0.3 is 10.5 Å². The second-order valence-electron chi connectivity index (χ2n) is 4.66. The Morgan fingerprint density at radius 2 is 2.12 bits per heavy atom. The third-order valence-electron chi connectivity index (χ3n) is 1.87. The van der Waals surface area contributed by atoms with Crippen LogP contribution in [-0.2, 0) is 6.42 Å². The summed E-state index contributed by atoms with van der Waals surface area (Å²) in [4.78, 5) is 8.50. The summed E-state index contributed by atoms with van der Waals surface area (Å²) in [5, 5.41) is 0. The van der Waals surface area contributed by atoms with Crippen LogP contribution in [0, 0.1) is 0 Å². The molecule has 1 aromatic rings. The molecule has 1 rings (SSSR count). The van der Waals surface area contributed by atoms with Crippen LogP contribution >= 0.6 is 0 Å². The highest BCUT2D eigenvalue weighted by atomic mass is 16.5. The van der Waals surface area contributed by atoms with Gasteiger partial charge in [0.05, 0.1) is 18.5 Å². The predicted octanol–water partition coefficient (Wildman–Crippen LogP) is 1.79. The van der Waals surface area contributed by atoms with E-state index in [4.69, 9.17) is 10.5 Å². The van der Waals surface area contributed by atoms with Crippen LogP contribution in [-0.4, -0.2) is 23.5 Å². The highest BCUT2D eigenvalue weighted by molar-refractivity contribution is 5.82. The number of ether oxygens (including phenoxy) is 1. The van der Waals surface area contributed by atoms with Gasteiger partial charge in [-0.15, -0.1) is 0 Å². The first-order chi connectivity index (χ1) is 7.40. The molecule has 4 nitrogen and oxygen atoms in total. The number of amidine groups is 1. The van der Waals surface area contributed by atoms with Crippen molar-refractivity contribution in [3.63, 3.8) is 0 Å². The molecule has 0 radical (unpaired) electrons. The summed E-state index contributed by atoms with van der Waals surface area (Å²) in [6.07, 6.45) is 2.37. The average molecular weight is 221 g/mol. The third-order valence-corrected chi connectivity index (χ3v) is 1.87. The number of hydrogen-bond donors (Lipinski definition) is 1. The van der Waals surface area contributed by atoms with E-state index in [2.05, 4.69) is 9.98 Å². The molecule has 1 aromatic heterocycles.